The Labute approximate surface area is 272 Å². The van der Waals surface area contributed by atoms with Gasteiger partial charge in [0, 0.05) is 31.4 Å². The molecule has 1 aromatic heterocycles. The number of benzene rings is 8. The molecule has 0 spiro atoms. The molecule has 0 aliphatic rings. The highest BCUT2D eigenvalue weighted by Gasteiger charge is 2.23. The number of para-hydroxylation sites is 1. The van der Waals surface area contributed by atoms with Gasteiger partial charge < -0.3 is 4.90 Å². The Hall–Kier alpha value is -5.70. The largest absolute Gasteiger partial charge is 0.309 e. The molecule has 1 heterocycles. The lowest BCUT2D eigenvalue weighted by molar-refractivity contribution is 1.30. The van der Waals surface area contributed by atoms with Gasteiger partial charge in [0.1, 0.15) is 0 Å². The molecule has 8 aromatic carbocycles. The summed E-state index contributed by atoms with van der Waals surface area (Å²) in [6.45, 7) is 0. The molecular formula is C44H29NS. The SMILES string of the molecule is c1ccc(-c2ccc(N(c3ccccc3-c3ccc4ccccc4c3)c3cc4ccccc4c4sc5ccccc5c34)cc2)cc1. The molecule has 0 saturated heterocycles. The first-order valence-corrected chi connectivity index (χ1v) is 16.5. The Kier molecular flexibility index (Phi) is 6.40. The topological polar surface area (TPSA) is 3.24 Å². The van der Waals surface area contributed by atoms with Crippen LogP contribution in [0.15, 0.2) is 176 Å². The van der Waals surface area contributed by atoms with E-state index in [1.165, 1.54) is 69.7 Å². The van der Waals surface area contributed by atoms with Crippen molar-refractivity contribution < 1.29 is 0 Å². The van der Waals surface area contributed by atoms with Gasteiger partial charge in [0.15, 0.2) is 0 Å². The third-order valence-electron chi connectivity index (χ3n) is 9.03. The number of nitrogens with zero attached hydrogens (tertiary/aromatic N) is 1. The normalized spacial score (nSPS) is 11.5. The lowest BCUT2D eigenvalue weighted by Gasteiger charge is -2.29. The molecule has 0 amide bonds. The van der Waals surface area contributed by atoms with Crippen molar-refractivity contribution in [2.24, 2.45) is 0 Å². The summed E-state index contributed by atoms with van der Waals surface area (Å²) in [6, 6.07) is 64.0. The minimum absolute atomic E-state index is 1.12. The van der Waals surface area contributed by atoms with E-state index >= 15 is 0 Å². The summed E-state index contributed by atoms with van der Waals surface area (Å²) in [5, 5.41) is 7.61. The Bertz CT molecular complexity index is 2530. The van der Waals surface area contributed by atoms with Crippen molar-refractivity contribution in [2.75, 3.05) is 4.90 Å². The van der Waals surface area contributed by atoms with Crippen LogP contribution in [0.5, 0.6) is 0 Å². The van der Waals surface area contributed by atoms with Crippen molar-refractivity contribution in [3.8, 4) is 22.3 Å². The molecule has 0 atom stereocenters. The minimum atomic E-state index is 1.12. The number of anilines is 3. The van der Waals surface area contributed by atoms with E-state index < -0.39 is 0 Å². The van der Waals surface area contributed by atoms with Crippen molar-refractivity contribution in [1.82, 2.24) is 0 Å². The fraction of sp³-hybridized carbons (Fsp3) is 0. The van der Waals surface area contributed by atoms with E-state index in [0.29, 0.717) is 0 Å². The van der Waals surface area contributed by atoms with E-state index in [4.69, 9.17) is 0 Å². The molecule has 46 heavy (non-hydrogen) atoms. The van der Waals surface area contributed by atoms with Gasteiger partial charge in [-0.05, 0) is 74.6 Å². The Morgan fingerprint density at radius 3 is 1.87 bits per heavy atom. The highest BCUT2D eigenvalue weighted by atomic mass is 32.1. The predicted molar refractivity (Wildman–Crippen MR) is 200 cm³/mol. The van der Waals surface area contributed by atoms with Crippen LogP contribution >= 0.6 is 11.3 Å². The van der Waals surface area contributed by atoms with Crippen LogP contribution < -0.4 is 4.90 Å². The molecule has 1 nitrogen and oxygen atoms in total. The van der Waals surface area contributed by atoms with Gasteiger partial charge >= 0.3 is 0 Å². The highest BCUT2D eigenvalue weighted by molar-refractivity contribution is 7.26. The average Bonchev–Trinajstić information content (AvgIpc) is 3.53. The van der Waals surface area contributed by atoms with Crippen LogP contribution in [0, 0.1) is 0 Å². The second kappa shape index (κ2) is 11.0. The average molecular weight is 604 g/mol. The quantitative estimate of drug-likeness (QED) is 0.189. The summed E-state index contributed by atoms with van der Waals surface area (Å²) in [7, 11) is 0. The van der Waals surface area contributed by atoms with E-state index in [-0.39, 0.29) is 0 Å². The fourth-order valence-electron chi connectivity index (χ4n) is 6.83. The number of fused-ring (bicyclic) bond motifs is 6. The van der Waals surface area contributed by atoms with Crippen molar-refractivity contribution >= 4 is 70.1 Å². The zero-order valence-electron chi connectivity index (χ0n) is 25.1. The molecule has 0 saturated carbocycles. The zero-order chi connectivity index (χ0) is 30.5. The van der Waals surface area contributed by atoms with E-state index in [1.807, 2.05) is 11.3 Å². The van der Waals surface area contributed by atoms with Crippen LogP contribution in [-0.2, 0) is 0 Å². The van der Waals surface area contributed by atoms with Crippen LogP contribution in [0.2, 0.25) is 0 Å². The van der Waals surface area contributed by atoms with Gasteiger partial charge in [-0.25, -0.2) is 0 Å². The first kappa shape index (κ1) is 26.7. The molecule has 9 rings (SSSR count). The summed E-state index contributed by atoms with van der Waals surface area (Å²) in [5.74, 6) is 0. The molecule has 0 N–H and O–H groups in total. The smallest absolute Gasteiger partial charge is 0.0561 e. The van der Waals surface area contributed by atoms with Gasteiger partial charge in [0.05, 0.1) is 11.4 Å². The third-order valence-corrected chi connectivity index (χ3v) is 10.2. The summed E-state index contributed by atoms with van der Waals surface area (Å²) < 4.78 is 2.63. The minimum Gasteiger partial charge on any atom is -0.309 e. The molecule has 0 aliphatic heterocycles. The van der Waals surface area contributed by atoms with Gasteiger partial charge in [-0.2, -0.15) is 0 Å². The zero-order valence-corrected chi connectivity index (χ0v) is 25.9. The number of thiophene rings is 1. The fourth-order valence-corrected chi connectivity index (χ4v) is 8.08. The van der Waals surface area contributed by atoms with Gasteiger partial charge in [0.25, 0.3) is 0 Å². The number of hydrogen-bond donors (Lipinski definition) is 0. The van der Waals surface area contributed by atoms with Crippen molar-refractivity contribution in [3.63, 3.8) is 0 Å². The van der Waals surface area contributed by atoms with Gasteiger partial charge in [-0.15, -0.1) is 11.3 Å². The van der Waals surface area contributed by atoms with Crippen LogP contribution in [-0.4, -0.2) is 0 Å². The van der Waals surface area contributed by atoms with E-state index in [9.17, 15) is 0 Å². The molecule has 0 aliphatic carbocycles. The predicted octanol–water partition coefficient (Wildman–Crippen LogP) is 13.2. The maximum atomic E-state index is 2.48. The monoisotopic (exact) mass is 603 g/mol. The first-order valence-electron chi connectivity index (χ1n) is 15.7. The van der Waals surface area contributed by atoms with Crippen LogP contribution in [0.4, 0.5) is 17.1 Å². The van der Waals surface area contributed by atoms with E-state index in [2.05, 4.69) is 181 Å². The number of hydrogen-bond acceptors (Lipinski definition) is 2. The van der Waals surface area contributed by atoms with E-state index in [1.54, 1.807) is 0 Å². The van der Waals surface area contributed by atoms with E-state index in [0.717, 1.165) is 11.4 Å². The maximum Gasteiger partial charge on any atom is 0.0561 e. The molecule has 2 heteroatoms. The van der Waals surface area contributed by atoms with Gasteiger partial charge in [0.2, 0.25) is 0 Å². The molecular weight excluding hydrogens is 575 g/mol. The third kappa shape index (κ3) is 4.46. The van der Waals surface area contributed by atoms with Crippen LogP contribution in [0.25, 0.3) is 64.0 Å². The van der Waals surface area contributed by atoms with Gasteiger partial charge in [-0.3, -0.25) is 0 Å². The number of rotatable bonds is 5. The van der Waals surface area contributed by atoms with Gasteiger partial charge in [-0.1, -0.05) is 140 Å². The standard InChI is InChI=1S/C44H29NS/c1-2-12-30(13-3-1)32-24-26-36(27-25-32)45(40-20-10-8-17-37(40)35-23-22-31-14-4-5-15-33(31)28-35)41-29-34-16-6-7-18-38(34)44-43(41)39-19-9-11-21-42(39)46-44/h1-29H. The summed E-state index contributed by atoms with van der Waals surface area (Å²) in [5.41, 5.74) is 8.28. The molecule has 0 radical (unpaired) electrons. The maximum absolute atomic E-state index is 2.48. The second-order valence-corrected chi connectivity index (χ2v) is 12.8. The molecule has 9 aromatic rings. The highest BCUT2D eigenvalue weighted by Crippen LogP contribution is 2.49. The lowest BCUT2D eigenvalue weighted by Crippen LogP contribution is -2.11. The Balaban J connectivity index is 1.35. The van der Waals surface area contributed by atoms with Crippen molar-refractivity contribution in [2.45, 2.75) is 0 Å². The van der Waals surface area contributed by atoms with Crippen LogP contribution in [0.1, 0.15) is 0 Å². The molecule has 216 valence electrons. The first-order chi connectivity index (χ1) is 22.8. The Morgan fingerprint density at radius 2 is 1.02 bits per heavy atom. The van der Waals surface area contributed by atoms with Crippen molar-refractivity contribution in [1.29, 1.82) is 0 Å². The summed E-state index contributed by atoms with van der Waals surface area (Å²) in [6.07, 6.45) is 0. The molecule has 0 unspecified atom stereocenters. The summed E-state index contributed by atoms with van der Waals surface area (Å²) >= 11 is 1.89. The van der Waals surface area contributed by atoms with Crippen LogP contribution in [0.3, 0.4) is 0 Å². The second-order valence-electron chi connectivity index (χ2n) is 11.7. The Morgan fingerprint density at radius 1 is 0.391 bits per heavy atom. The molecule has 0 fully saturated rings. The summed E-state index contributed by atoms with van der Waals surface area (Å²) in [4.78, 5) is 2.48. The lowest BCUT2D eigenvalue weighted by atomic mass is 9.97. The molecule has 0 bridgehead atoms. The van der Waals surface area contributed by atoms with Crippen molar-refractivity contribution in [3.05, 3.63) is 176 Å².